The van der Waals surface area contributed by atoms with Crippen molar-refractivity contribution < 1.29 is 9.53 Å². The van der Waals surface area contributed by atoms with Crippen LogP contribution in [0.4, 0.5) is 0 Å². The molecule has 1 aliphatic rings. The van der Waals surface area contributed by atoms with Crippen molar-refractivity contribution in [2.24, 2.45) is 24.8 Å². The molecule has 0 saturated heterocycles. The molecule has 0 amide bonds. The number of hydrogen-bond acceptors (Lipinski definition) is 6. The van der Waals surface area contributed by atoms with E-state index in [4.69, 9.17) is 4.74 Å². The van der Waals surface area contributed by atoms with E-state index in [-0.39, 0.29) is 17.8 Å². The van der Waals surface area contributed by atoms with Crippen molar-refractivity contribution in [2.75, 3.05) is 5.75 Å². The number of ether oxygens (including phenoxy) is 1. The van der Waals surface area contributed by atoms with Crippen molar-refractivity contribution in [3.8, 4) is 0 Å². The molecular formula is C14H24N4O2S. The molecule has 0 aromatic carbocycles. The lowest BCUT2D eigenvalue weighted by atomic mass is 9.75. The van der Waals surface area contributed by atoms with Gasteiger partial charge in [0.05, 0.1) is 5.75 Å². The van der Waals surface area contributed by atoms with E-state index >= 15 is 0 Å². The van der Waals surface area contributed by atoms with Gasteiger partial charge in [0.2, 0.25) is 5.16 Å². The summed E-state index contributed by atoms with van der Waals surface area (Å²) < 4.78 is 7.29. The Morgan fingerprint density at radius 1 is 1.48 bits per heavy atom. The summed E-state index contributed by atoms with van der Waals surface area (Å²) in [5, 5.41) is 11.8. The first kappa shape index (κ1) is 16.3. The number of thioether (sulfide) groups is 1. The lowest BCUT2D eigenvalue weighted by Gasteiger charge is -2.36. The lowest BCUT2D eigenvalue weighted by Crippen LogP contribution is -2.36. The van der Waals surface area contributed by atoms with Gasteiger partial charge in [0.15, 0.2) is 0 Å². The average Bonchev–Trinajstić information content (AvgIpc) is 2.81. The maximum absolute atomic E-state index is 12.1. The molecule has 0 radical (unpaired) electrons. The zero-order valence-corrected chi connectivity index (χ0v) is 14.0. The fraction of sp³-hybridized carbons (Fsp3) is 0.857. The number of esters is 1. The van der Waals surface area contributed by atoms with Crippen LogP contribution in [0, 0.1) is 17.8 Å². The Labute approximate surface area is 130 Å². The summed E-state index contributed by atoms with van der Waals surface area (Å²) in [6.45, 7) is 6.65. The van der Waals surface area contributed by atoms with Crippen LogP contribution in [0.3, 0.4) is 0 Å². The first-order valence-corrected chi connectivity index (χ1v) is 8.50. The van der Waals surface area contributed by atoms with Gasteiger partial charge >= 0.3 is 5.97 Å². The number of rotatable bonds is 5. The zero-order chi connectivity index (χ0) is 15.4. The number of carbonyl (C=O) groups is 1. The summed E-state index contributed by atoms with van der Waals surface area (Å²) in [5.41, 5.74) is 0. The van der Waals surface area contributed by atoms with Gasteiger partial charge in [-0.1, -0.05) is 39.0 Å². The van der Waals surface area contributed by atoms with E-state index in [1.165, 1.54) is 18.2 Å². The van der Waals surface area contributed by atoms with Crippen LogP contribution in [-0.2, 0) is 16.6 Å². The standard InChI is InChI=1S/C14H24N4O2S/c1-9(2)11-6-5-10(3)7-12(11)20-13(19)8-21-14-15-16-17-18(14)4/h9-12H,5-8H2,1-4H3/t10-,11+,12-/m1/s1. The Kier molecular flexibility index (Phi) is 5.61. The predicted octanol–water partition coefficient (Wildman–Crippen LogP) is 2.31. The lowest BCUT2D eigenvalue weighted by molar-refractivity contribution is -0.152. The highest BCUT2D eigenvalue weighted by molar-refractivity contribution is 7.99. The Bertz CT molecular complexity index is 477. The third-order valence-electron chi connectivity index (χ3n) is 4.14. The molecule has 21 heavy (non-hydrogen) atoms. The van der Waals surface area contributed by atoms with Crippen molar-refractivity contribution in [1.82, 2.24) is 20.2 Å². The van der Waals surface area contributed by atoms with E-state index < -0.39 is 0 Å². The van der Waals surface area contributed by atoms with Crippen LogP contribution in [0.25, 0.3) is 0 Å². The molecule has 6 nitrogen and oxygen atoms in total. The van der Waals surface area contributed by atoms with Crippen molar-refractivity contribution in [2.45, 2.75) is 51.3 Å². The van der Waals surface area contributed by atoms with Crippen LogP contribution in [-0.4, -0.2) is 38.0 Å². The quantitative estimate of drug-likeness (QED) is 0.614. The number of nitrogens with zero attached hydrogens (tertiary/aromatic N) is 4. The fourth-order valence-corrected chi connectivity index (χ4v) is 3.55. The number of aryl methyl sites for hydroxylation is 1. The number of aromatic nitrogens is 4. The molecule has 0 spiro atoms. The van der Waals surface area contributed by atoms with Gasteiger partial charge in [-0.3, -0.25) is 4.79 Å². The molecule has 1 heterocycles. The largest absolute Gasteiger partial charge is 0.461 e. The number of tetrazole rings is 1. The van der Waals surface area contributed by atoms with Crippen LogP contribution in [0.5, 0.6) is 0 Å². The SMILES string of the molecule is CC(C)[C@@H]1CC[C@@H](C)C[C@H]1OC(=O)CSc1nnnn1C. The van der Waals surface area contributed by atoms with Crippen LogP contribution in [0.2, 0.25) is 0 Å². The topological polar surface area (TPSA) is 69.9 Å². The fourth-order valence-electron chi connectivity index (χ4n) is 2.92. The maximum Gasteiger partial charge on any atom is 0.316 e. The molecule has 0 bridgehead atoms. The van der Waals surface area contributed by atoms with Gasteiger partial charge in [0.1, 0.15) is 6.10 Å². The van der Waals surface area contributed by atoms with Gasteiger partial charge in [-0.2, -0.15) is 0 Å². The Balaban J connectivity index is 1.86. The highest BCUT2D eigenvalue weighted by Gasteiger charge is 2.33. The minimum Gasteiger partial charge on any atom is -0.461 e. The van der Waals surface area contributed by atoms with E-state index in [1.807, 2.05) is 0 Å². The maximum atomic E-state index is 12.1. The van der Waals surface area contributed by atoms with Gasteiger partial charge in [-0.05, 0) is 41.0 Å². The minimum absolute atomic E-state index is 0.0551. The van der Waals surface area contributed by atoms with Crippen LogP contribution < -0.4 is 0 Å². The van der Waals surface area contributed by atoms with E-state index in [9.17, 15) is 4.79 Å². The van der Waals surface area contributed by atoms with E-state index in [2.05, 4.69) is 36.3 Å². The monoisotopic (exact) mass is 312 g/mol. The average molecular weight is 312 g/mol. The summed E-state index contributed by atoms with van der Waals surface area (Å²) in [6.07, 6.45) is 3.41. The van der Waals surface area contributed by atoms with Crippen LogP contribution in [0.1, 0.15) is 40.0 Å². The van der Waals surface area contributed by atoms with Gasteiger partial charge in [0.25, 0.3) is 0 Å². The normalized spacial score (nSPS) is 26.0. The van der Waals surface area contributed by atoms with E-state index in [0.29, 0.717) is 22.9 Å². The molecule has 1 fully saturated rings. The molecule has 1 saturated carbocycles. The smallest absolute Gasteiger partial charge is 0.316 e. The molecular weight excluding hydrogens is 288 g/mol. The second kappa shape index (κ2) is 7.24. The van der Waals surface area contributed by atoms with Crippen LogP contribution >= 0.6 is 11.8 Å². The summed E-state index contributed by atoms with van der Waals surface area (Å²) in [4.78, 5) is 12.1. The van der Waals surface area contributed by atoms with Crippen molar-refractivity contribution in [3.63, 3.8) is 0 Å². The highest BCUT2D eigenvalue weighted by atomic mass is 32.2. The van der Waals surface area contributed by atoms with Gasteiger partial charge in [-0.15, -0.1) is 5.10 Å². The molecule has 0 unspecified atom stereocenters. The Morgan fingerprint density at radius 3 is 2.86 bits per heavy atom. The van der Waals surface area contributed by atoms with Crippen molar-refractivity contribution in [1.29, 1.82) is 0 Å². The molecule has 1 aromatic rings. The zero-order valence-electron chi connectivity index (χ0n) is 13.2. The summed E-state index contributed by atoms with van der Waals surface area (Å²) in [5.74, 6) is 1.74. The predicted molar refractivity (Wildman–Crippen MR) is 80.7 cm³/mol. The van der Waals surface area contributed by atoms with E-state index in [0.717, 1.165) is 12.8 Å². The molecule has 7 heteroatoms. The van der Waals surface area contributed by atoms with Crippen LogP contribution in [0.15, 0.2) is 5.16 Å². The first-order valence-electron chi connectivity index (χ1n) is 7.52. The third kappa shape index (κ3) is 4.43. The molecule has 1 aliphatic carbocycles. The van der Waals surface area contributed by atoms with Gasteiger partial charge < -0.3 is 4.74 Å². The van der Waals surface area contributed by atoms with Crippen molar-refractivity contribution >= 4 is 17.7 Å². The summed E-state index contributed by atoms with van der Waals surface area (Å²) in [7, 11) is 1.76. The summed E-state index contributed by atoms with van der Waals surface area (Å²) >= 11 is 1.31. The second-order valence-electron chi connectivity index (χ2n) is 6.23. The second-order valence-corrected chi connectivity index (χ2v) is 7.17. The molecule has 1 aromatic heterocycles. The van der Waals surface area contributed by atoms with E-state index in [1.54, 1.807) is 11.7 Å². The first-order chi connectivity index (χ1) is 9.97. The highest BCUT2D eigenvalue weighted by Crippen LogP contribution is 2.35. The number of carbonyl (C=O) groups excluding carboxylic acids is 1. The molecule has 118 valence electrons. The third-order valence-corrected chi connectivity index (χ3v) is 5.13. The molecule has 0 N–H and O–H groups in total. The van der Waals surface area contributed by atoms with Crippen molar-refractivity contribution in [3.05, 3.63) is 0 Å². The molecule has 3 atom stereocenters. The van der Waals surface area contributed by atoms with Gasteiger partial charge in [-0.25, -0.2) is 4.68 Å². The summed E-state index contributed by atoms with van der Waals surface area (Å²) in [6, 6.07) is 0. The van der Waals surface area contributed by atoms with Gasteiger partial charge in [0, 0.05) is 7.05 Å². The molecule has 0 aliphatic heterocycles. The Hall–Kier alpha value is -1.11. The Morgan fingerprint density at radius 2 is 2.24 bits per heavy atom. The molecule has 2 rings (SSSR count). The minimum atomic E-state index is -0.173. The number of hydrogen-bond donors (Lipinski definition) is 0.